The molecule has 2 aromatic heterocycles. The van der Waals surface area contributed by atoms with E-state index in [1.54, 1.807) is 31.3 Å². The van der Waals surface area contributed by atoms with Gasteiger partial charge in [-0.3, -0.25) is 9.78 Å². The summed E-state index contributed by atoms with van der Waals surface area (Å²) in [5, 5.41) is 16.0. The molecule has 2 N–H and O–H groups in total. The van der Waals surface area contributed by atoms with Gasteiger partial charge in [0.15, 0.2) is 0 Å². The van der Waals surface area contributed by atoms with Crippen molar-refractivity contribution in [3.63, 3.8) is 0 Å². The van der Waals surface area contributed by atoms with Crippen molar-refractivity contribution in [1.29, 1.82) is 0 Å². The number of hydrogen-bond acceptors (Lipinski definition) is 5. The van der Waals surface area contributed by atoms with Crippen molar-refractivity contribution in [2.45, 2.75) is 32.7 Å². The van der Waals surface area contributed by atoms with Crippen molar-refractivity contribution in [3.05, 3.63) is 59.8 Å². The molecule has 3 aromatic rings. The van der Waals surface area contributed by atoms with Gasteiger partial charge in [-0.15, -0.1) is 0 Å². The van der Waals surface area contributed by atoms with Crippen molar-refractivity contribution < 1.29 is 18.7 Å². The number of pyridine rings is 1. The Morgan fingerprint density at radius 2 is 2.03 bits per heavy atom. The summed E-state index contributed by atoms with van der Waals surface area (Å²) in [7, 11) is 0. The Hall–Kier alpha value is -3.20. The fraction of sp³-hybridized carbons (Fsp3) is 0.300. The third-order valence-electron chi connectivity index (χ3n) is 4.28. The Morgan fingerprint density at radius 3 is 2.69 bits per heavy atom. The van der Waals surface area contributed by atoms with E-state index < -0.39 is 24.8 Å². The number of carbonyl (C=O) groups is 1. The first-order valence-electron chi connectivity index (χ1n) is 9.05. The number of alkyl halides is 2. The number of nitrogens with zero attached hydrogens (tertiary/aromatic N) is 4. The molecule has 0 saturated heterocycles. The number of hydrogen-bond donors (Lipinski definition) is 2. The second-order valence-electron chi connectivity index (χ2n) is 6.69. The summed E-state index contributed by atoms with van der Waals surface area (Å²) in [6.45, 7) is 3.34. The Morgan fingerprint density at radius 1 is 1.24 bits per heavy atom. The molecule has 1 atom stereocenters. The maximum atomic E-state index is 12.9. The van der Waals surface area contributed by atoms with E-state index in [0.29, 0.717) is 16.9 Å². The van der Waals surface area contributed by atoms with E-state index in [9.17, 15) is 18.7 Å². The number of rotatable bonds is 7. The lowest BCUT2D eigenvalue weighted by Gasteiger charge is -2.16. The summed E-state index contributed by atoms with van der Waals surface area (Å²) in [6.07, 6.45) is -0.295. The lowest BCUT2D eigenvalue weighted by atomic mass is 10.0. The van der Waals surface area contributed by atoms with Gasteiger partial charge in [0, 0.05) is 17.8 Å². The van der Waals surface area contributed by atoms with Crippen molar-refractivity contribution in [2.75, 3.05) is 6.61 Å². The van der Waals surface area contributed by atoms with Crippen LogP contribution in [0.3, 0.4) is 0 Å². The van der Waals surface area contributed by atoms with E-state index in [4.69, 9.17) is 0 Å². The van der Waals surface area contributed by atoms with Crippen LogP contribution in [0.5, 0.6) is 0 Å². The number of aliphatic hydroxyl groups excluding tert-OH is 1. The van der Waals surface area contributed by atoms with Crippen molar-refractivity contribution >= 4 is 5.91 Å². The SMILES string of the molecule is Cc1ccc(-c2ccc(-n3ncnc3CC(F)F)c(C(=O)N[C@@H](C)CO)c2)nc1. The van der Waals surface area contributed by atoms with Gasteiger partial charge in [0.2, 0.25) is 6.43 Å². The van der Waals surface area contributed by atoms with E-state index in [1.807, 2.05) is 19.1 Å². The van der Waals surface area contributed by atoms with Gasteiger partial charge in [-0.05, 0) is 37.6 Å². The Balaban J connectivity index is 2.09. The molecule has 0 saturated carbocycles. The summed E-state index contributed by atoms with van der Waals surface area (Å²) >= 11 is 0. The van der Waals surface area contributed by atoms with Crippen LogP contribution >= 0.6 is 0 Å². The highest BCUT2D eigenvalue weighted by Crippen LogP contribution is 2.24. The Kier molecular flexibility index (Phi) is 6.28. The highest BCUT2D eigenvalue weighted by Gasteiger charge is 2.20. The van der Waals surface area contributed by atoms with E-state index >= 15 is 0 Å². The standard InChI is InChI=1S/C20H21F2N5O2/c1-12-3-5-16(23-9-12)14-4-6-17(15(7-14)20(29)26-13(2)10-28)27-19(8-18(21)22)24-11-25-27/h3-7,9,11,13,18,28H,8,10H2,1-2H3,(H,26,29)/t13-/m0/s1. The largest absolute Gasteiger partial charge is 0.394 e. The van der Waals surface area contributed by atoms with Crippen LogP contribution in [0.1, 0.15) is 28.7 Å². The lowest BCUT2D eigenvalue weighted by molar-refractivity contribution is 0.0922. The number of amides is 1. The molecule has 1 aromatic carbocycles. The predicted octanol–water partition coefficient (Wildman–Crippen LogP) is 2.56. The molecule has 3 rings (SSSR count). The van der Waals surface area contributed by atoms with Crippen molar-refractivity contribution in [3.8, 4) is 16.9 Å². The smallest absolute Gasteiger partial charge is 0.253 e. The average Bonchev–Trinajstić information content (AvgIpc) is 3.15. The van der Waals surface area contributed by atoms with Gasteiger partial charge in [-0.2, -0.15) is 5.10 Å². The summed E-state index contributed by atoms with van der Waals surface area (Å²) < 4.78 is 27.0. The van der Waals surface area contributed by atoms with Gasteiger partial charge in [0.05, 0.1) is 30.0 Å². The van der Waals surface area contributed by atoms with Gasteiger partial charge >= 0.3 is 0 Å². The van der Waals surface area contributed by atoms with Crippen LogP contribution in [0.2, 0.25) is 0 Å². The minimum Gasteiger partial charge on any atom is -0.394 e. The minimum atomic E-state index is -2.60. The van der Waals surface area contributed by atoms with Crippen LogP contribution in [0, 0.1) is 6.92 Å². The number of nitrogens with one attached hydrogen (secondary N) is 1. The zero-order valence-electron chi connectivity index (χ0n) is 16.0. The Labute approximate surface area is 166 Å². The Bertz CT molecular complexity index is 989. The molecule has 0 bridgehead atoms. The fourth-order valence-corrected chi connectivity index (χ4v) is 2.79. The number of carbonyl (C=O) groups excluding carboxylic acids is 1. The van der Waals surface area contributed by atoms with Gasteiger partial charge in [0.1, 0.15) is 12.2 Å². The lowest BCUT2D eigenvalue weighted by Crippen LogP contribution is -2.35. The van der Waals surface area contributed by atoms with E-state index in [2.05, 4.69) is 20.4 Å². The van der Waals surface area contributed by atoms with Crippen molar-refractivity contribution in [2.24, 2.45) is 0 Å². The molecule has 0 spiro atoms. The topological polar surface area (TPSA) is 92.9 Å². The van der Waals surface area contributed by atoms with Crippen LogP contribution in [-0.2, 0) is 6.42 Å². The first kappa shape index (κ1) is 20.5. The molecule has 0 radical (unpaired) electrons. The van der Waals surface area contributed by atoms with Gasteiger partial charge in [-0.1, -0.05) is 12.1 Å². The molecule has 29 heavy (non-hydrogen) atoms. The number of aryl methyl sites for hydroxylation is 1. The average molecular weight is 401 g/mol. The molecule has 0 aliphatic rings. The van der Waals surface area contributed by atoms with E-state index in [-0.39, 0.29) is 18.0 Å². The maximum Gasteiger partial charge on any atom is 0.253 e. The molecule has 0 aliphatic carbocycles. The highest BCUT2D eigenvalue weighted by molar-refractivity contribution is 5.99. The maximum absolute atomic E-state index is 12.9. The number of halogens is 2. The minimum absolute atomic E-state index is 0.0467. The second kappa shape index (κ2) is 8.87. The molecule has 0 aliphatic heterocycles. The van der Waals surface area contributed by atoms with Gasteiger partial charge in [0.25, 0.3) is 5.91 Å². The fourth-order valence-electron chi connectivity index (χ4n) is 2.79. The van der Waals surface area contributed by atoms with Crippen LogP contribution in [0.4, 0.5) is 8.78 Å². The number of aromatic nitrogens is 4. The molecule has 2 heterocycles. The molecule has 0 fully saturated rings. The molecule has 0 unspecified atom stereocenters. The first-order chi connectivity index (χ1) is 13.9. The second-order valence-corrected chi connectivity index (χ2v) is 6.69. The van der Waals surface area contributed by atoms with Crippen LogP contribution in [0.25, 0.3) is 16.9 Å². The molecule has 7 nitrogen and oxygen atoms in total. The highest BCUT2D eigenvalue weighted by atomic mass is 19.3. The zero-order chi connectivity index (χ0) is 21.0. The predicted molar refractivity (Wildman–Crippen MR) is 103 cm³/mol. The molecule has 1 amide bonds. The number of benzene rings is 1. The van der Waals surface area contributed by atoms with Gasteiger partial charge in [-0.25, -0.2) is 18.4 Å². The van der Waals surface area contributed by atoms with E-state index in [1.165, 1.54) is 11.0 Å². The third-order valence-corrected chi connectivity index (χ3v) is 4.28. The summed E-state index contributed by atoms with van der Waals surface area (Å²) in [5.74, 6) is -0.417. The molecular formula is C20H21F2N5O2. The van der Waals surface area contributed by atoms with Crippen LogP contribution in [0.15, 0.2) is 42.9 Å². The quantitative estimate of drug-likeness (QED) is 0.635. The zero-order valence-corrected chi connectivity index (χ0v) is 16.0. The van der Waals surface area contributed by atoms with Crippen LogP contribution < -0.4 is 5.32 Å². The molecule has 9 heteroatoms. The summed E-state index contributed by atoms with van der Waals surface area (Å²) in [6, 6.07) is 8.25. The van der Waals surface area contributed by atoms with Crippen LogP contribution in [-0.4, -0.2) is 49.8 Å². The summed E-state index contributed by atoms with van der Waals surface area (Å²) in [4.78, 5) is 21.1. The normalized spacial score (nSPS) is 12.2. The van der Waals surface area contributed by atoms with E-state index in [0.717, 1.165) is 5.56 Å². The van der Waals surface area contributed by atoms with Crippen molar-refractivity contribution in [1.82, 2.24) is 25.1 Å². The number of aliphatic hydroxyl groups is 1. The summed E-state index contributed by atoms with van der Waals surface area (Å²) in [5.41, 5.74) is 2.88. The van der Waals surface area contributed by atoms with Gasteiger partial charge < -0.3 is 10.4 Å². The third kappa shape index (κ3) is 4.80. The monoisotopic (exact) mass is 401 g/mol. The molecule has 152 valence electrons. The first-order valence-corrected chi connectivity index (χ1v) is 9.05. The molecular weight excluding hydrogens is 380 g/mol.